The van der Waals surface area contributed by atoms with E-state index in [0.717, 1.165) is 45.5 Å². The molecule has 1 aliphatic rings. The Morgan fingerprint density at radius 2 is 2.36 bits per heavy atom. The number of hydrogen-bond acceptors (Lipinski definition) is 3. The fourth-order valence-corrected chi connectivity index (χ4v) is 1.97. The number of ether oxygens (including phenoxy) is 1. The highest BCUT2D eigenvalue weighted by atomic mass is 16.5. The van der Waals surface area contributed by atoms with Crippen molar-refractivity contribution < 1.29 is 9.53 Å². The summed E-state index contributed by atoms with van der Waals surface area (Å²) in [6, 6.07) is 0. The fraction of sp³-hybridized carbons (Fsp3) is 0.909. The summed E-state index contributed by atoms with van der Waals surface area (Å²) in [7, 11) is 1.73. The van der Waals surface area contributed by atoms with Crippen LogP contribution in [-0.4, -0.2) is 44.0 Å². The maximum Gasteiger partial charge on any atom is 0.138 e. The van der Waals surface area contributed by atoms with Gasteiger partial charge in [-0.1, -0.05) is 6.92 Å². The zero-order chi connectivity index (χ0) is 10.4. The highest BCUT2D eigenvalue weighted by molar-refractivity contribution is 5.82. The van der Waals surface area contributed by atoms with Crippen LogP contribution in [-0.2, 0) is 9.53 Å². The highest BCUT2D eigenvalue weighted by Gasteiger charge is 2.24. The molecule has 0 saturated carbocycles. The average molecular weight is 199 g/mol. The summed E-state index contributed by atoms with van der Waals surface area (Å²) in [6.45, 7) is 5.89. The molecule has 0 spiro atoms. The lowest BCUT2D eigenvalue weighted by Crippen LogP contribution is -2.41. The number of hydrogen-bond donors (Lipinski definition) is 0. The minimum atomic E-state index is 0.284. The van der Waals surface area contributed by atoms with Gasteiger partial charge in [0.05, 0.1) is 0 Å². The van der Waals surface area contributed by atoms with Crippen molar-refractivity contribution in [2.45, 2.75) is 26.2 Å². The van der Waals surface area contributed by atoms with Gasteiger partial charge in [0.2, 0.25) is 0 Å². The van der Waals surface area contributed by atoms with Crippen molar-refractivity contribution in [2.24, 2.45) is 5.92 Å². The van der Waals surface area contributed by atoms with Crippen molar-refractivity contribution in [3.63, 3.8) is 0 Å². The summed E-state index contributed by atoms with van der Waals surface area (Å²) in [4.78, 5) is 13.8. The summed E-state index contributed by atoms with van der Waals surface area (Å²) in [5, 5.41) is 0. The number of rotatable bonds is 5. The van der Waals surface area contributed by atoms with E-state index >= 15 is 0 Å². The maximum atomic E-state index is 11.4. The number of carbonyl (C=O) groups excluding carboxylic acids is 1. The molecular formula is C11H21NO2. The van der Waals surface area contributed by atoms with Crippen LogP contribution < -0.4 is 0 Å². The molecule has 0 N–H and O–H groups in total. The number of carbonyl (C=O) groups is 1. The molecule has 0 radical (unpaired) electrons. The summed E-state index contributed by atoms with van der Waals surface area (Å²) in [5.74, 6) is 0.738. The molecule has 0 aromatic carbocycles. The maximum absolute atomic E-state index is 11.4. The number of nitrogens with zero attached hydrogens (tertiary/aromatic N) is 1. The first-order valence-corrected chi connectivity index (χ1v) is 5.52. The summed E-state index contributed by atoms with van der Waals surface area (Å²) in [5.41, 5.74) is 0. The van der Waals surface area contributed by atoms with E-state index in [-0.39, 0.29) is 5.92 Å². The van der Waals surface area contributed by atoms with E-state index in [1.807, 2.05) is 0 Å². The number of likely N-dealkylation sites (tertiary alicyclic amines) is 1. The first-order chi connectivity index (χ1) is 6.77. The first-order valence-electron chi connectivity index (χ1n) is 5.52. The third-order valence-electron chi connectivity index (χ3n) is 2.92. The van der Waals surface area contributed by atoms with Crippen molar-refractivity contribution in [3.05, 3.63) is 0 Å². The molecule has 1 heterocycles. The first kappa shape index (κ1) is 11.7. The predicted molar refractivity (Wildman–Crippen MR) is 56.3 cm³/mol. The second-order valence-corrected chi connectivity index (χ2v) is 3.97. The molecule has 0 aromatic rings. The van der Waals surface area contributed by atoms with Gasteiger partial charge in [-0.05, 0) is 12.8 Å². The van der Waals surface area contributed by atoms with E-state index in [2.05, 4.69) is 11.8 Å². The Balaban J connectivity index is 2.24. The van der Waals surface area contributed by atoms with Crippen LogP contribution in [0.2, 0.25) is 0 Å². The average Bonchev–Trinajstić information content (AvgIpc) is 2.21. The van der Waals surface area contributed by atoms with Crippen LogP contribution in [0.4, 0.5) is 0 Å². The lowest BCUT2D eigenvalue weighted by molar-refractivity contribution is -0.126. The van der Waals surface area contributed by atoms with Gasteiger partial charge in [0.1, 0.15) is 5.78 Å². The molecule has 0 aromatic heterocycles. The van der Waals surface area contributed by atoms with Gasteiger partial charge in [0, 0.05) is 45.7 Å². The van der Waals surface area contributed by atoms with E-state index < -0.39 is 0 Å². The zero-order valence-corrected chi connectivity index (χ0v) is 9.29. The Hall–Kier alpha value is -0.410. The predicted octanol–water partition coefficient (Wildman–Crippen LogP) is 1.32. The summed E-state index contributed by atoms with van der Waals surface area (Å²) < 4.78 is 5.01. The second kappa shape index (κ2) is 6.14. The Kier molecular flexibility index (Phi) is 5.12. The fourth-order valence-electron chi connectivity index (χ4n) is 1.97. The third kappa shape index (κ3) is 3.39. The molecule has 0 bridgehead atoms. The van der Waals surface area contributed by atoms with E-state index in [1.165, 1.54) is 0 Å². The lowest BCUT2D eigenvalue weighted by atomic mass is 9.94. The van der Waals surface area contributed by atoms with Crippen LogP contribution in [0.5, 0.6) is 0 Å². The van der Waals surface area contributed by atoms with E-state index in [1.54, 1.807) is 7.11 Å². The Labute approximate surface area is 86.4 Å². The number of piperidine rings is 1. The second-order valence-electron chi connectivity index (χ2n) is 3.97. The van der Waals surface area contributed by atoms with Gasteiger partial charge in [0.15, 0.2) is 0 Å². The zero-order valence-electron chi connectivity index (χ0n) is 9.29. The molecule has 0 aliphatic carbocycles. The molecule has 0 amide bonds. The molecule has 82 valence electrons. The van der Waals surface area contributed by atoms with Crippen LogP contribution in [0.15, 0.2) is 0 Å². The minimum Gasteiger partial charge on any atom is -0.385 e. The molecule has 1 saturated heterocycles. The minimum absolute atomic E-state index is 0.284. The monoisotopic (exact) mass is 199 g/mol. The van der Waals surface area contributed by atoms with Gasteiger partial charge in [-0.2, -0.15) is 0 Å². The quantitative estimate of drug-likeness (QED) is 0.625. The van der Waals surface area contributed by atoms with E-state index in [9.17, 15) is 4.79 Å². The summed E-state index contributed by atoms with van der Waals surface area (Å²) >= 11 is 0. The van der Waals surface area contributed by atoms with Crippen molar-refractivity contribution in [1.82, 2.24) is 4.90 Å². The molecule has 3 heteroatoms. The number of Topliss-reactive ketones (excluding diaryl/α,β-unsaturated/α-hetero) is 1. The van der Waals surface area contributed by atoms with Crippen LogP contribution in [0.3, 0.4) is 0 Å². The standard InChI is InChI=1S/C11H21NO2/c1-3-10-9-12(6-4-8-14-2)7-5-11(10)13/h10H,3-9H2,1-2H3. The molecule has 14 heavy (non-hydrogen) atoms. The van der Waals surface area contributed by atoms with Crippen molar-refractivity contribution in [2.75, 3.05) is 33.4 Å². The Morgan fingerprint density at radius 1 is 1.57 bits per heavy atom. The van der Waals surface area contributed by atoms with Crippen LogP contribution in [0, 0.1) is 5.92 Å². The van der Waals surface area contributed by atoms with Crippen molar-refractivity contribution in [3.8, 4) is 0 Å². The van der Waals surface area contributed by atoms with Gasteiger partial charge in [-0.25, -0.2) is 0 Å². The lowest BCUT2D eigenvalue weighted by Gasteiger charge is -2.31. The topological polar surface area (TPSA) is 29.5 Å². The highest BCUT2D eigenvalue weighted by Crippen LogP contribution is 2.15. The molecular weight excluding hydrogens is 178 g/mol. The van der Waals surface area contributed by atoms with Gasteiger partial charge < -0.3 is 9.64 Å². The van der Waals surface area contributed by atoms with Gasteiger partial charge in [0.25, 0.3) is 0 Å². The normalized spacial score (nSPS) is 24.1. The summed E-state index contributed by atoms with van der Waals surface area (Å²) in [6.07, 6.45) is 2.80. The van der Waals surface area contributed by atoms with E-state index in [0.29, 0.717) is 5.78 Å². The van der Waals surface area contributed by atoms with Crippen LogP contribution in [0.25, 0.3) is 0 Å². The molecule has 1 atom stereocenters. The van der Waals surface area contributed by atoms with Crippen molar-refractivity contribution >= 4 is 5.78 Å². The van der Waals surface area contributed by atoms with Crippen LogP contribution >= 0.6 is 0 Å². The number of methoxy groups -OCH3 is 1. The van der Waals surface area contributed by atoms with E-state index in [4.69, 9.17) is 4.74 Å². The van der Waals surface area contributed by atoms with Gasteiger partial charge in [-0.15, -0.1) is 0 Å². The molecule has 1 unspecified atom stereocenters. The smallest absolute Gasteiger partial charge is 0.138 e. The molecule has 1 rings (SSSR count). The SMILES string of the molecule is CCC1CN(CCCOC)CCC1=O. The van der Waals surface area contributed by atoms with Gasteiger partial charge >= 0.3 is 0 Å². The molecule has 1 fully saturated rings. The molecule has 3 nitrogen and oxygen atoms in total. The Morgan fingerprint density at radius 3 is 3.00 bits per heavy atom. The molecule has 1 aliphatic heterocycles. The largest absolute Gasteiger partial charge is 0.385 e. The Bertz CT molecular complexity index is 182. The van der Waals surface area contributed by atoms with Crippen molar-refractivity contribution in [1.29, 1.82) is 0 Å². The number of ketones is 1. The van der Waals surface area contributed by atoms with Crippen LogP contribution in [0.1, 0.15) is 26.2 Å². The van der Waals surface area contributed by atoms with Gasteiger partial charge in [-0.3, -0.25) is 4.79 Å². The third-order valence-corrected chi connectivity index (χ3v) is 2.92.